The Labute approximate surface area is 142 Å². The van der Waals surface area contributed by atoms with E-state index in [9.17, 15) is 4.79 Å². The molecule has 7 heteroatoms. The van der Waals surface area contributed by atoms with E-state index in [1.54, 1.807) is 12.4 Å². The number of hydrogen-bond acceptors (Lipinski definition) is 5. The average molecular weight is 344 g/mol. The van der Waals surface area contributed by atoms with Gasteiger partial charge in [-0.05, 0) is 12.5 Å². The van der Waals surface area contributed by atoms with Gasteiger partial charge in [-0.3, -0.25) is 4.79 Å². The molecule has 0 saturated heterocycles. The van der Waals surface area contributed by atoms with Crippen LogP contribution in [0.5, 0.6) is 0 Å². The van der Waals surface area contributed by atoms with Gasteiger partial charge in [0.15, 0.2) is 10.3 Å². The number of benzene rings is 1. The zero-order chi connectivity index (χ0) is 16.1. The van der Waals surface area contributed by atoms with Gasteiger partial charge in [-0.1, -0.05) is 41.6 Å². The van der Waals surface area contributed by atoms with Crippen molar-refractivity contribution >= 4 is 34.1 Å². The van der Waals surface area contributed by atoms with Gasteiger partial charge in [-0.25, -0.2) is 9.97 Å². The van der Waals surface area contributed by atoms with Crippen LogP contribution in [0.1, 0.15) is 11.1 Å². The second-order valence-corrected chi connectivity index (χ2v) is 6.83. The van der Waals surface area contributed by atoms with Gasteiger partial charge in [0.25, 0.3) is 0 Å². The molecule has 3 rings (SSSR count). The van der Waals surface area contributed by atoms with Crippen LogP contribution in [0.15, 0.2) is 53.4 Å². The Bertz CT molecular complexity index is 766. The first kappa shape index (κ1) is 15.8. The summed E-state index contributed by atoms with van der Waals surface area (Å²) in [7, 11) is 0. The van der Waals surface area contributed by atoms with Crippen molar-refractivity contribution < 1.29 is 4.79 Å². The number of carbonyl (C=O) groups is 1. The molecule has 1 N–H and O–H groups in total. The molecular formula is C16H16N4OS2. The van der Waals surface area contributed by atoms with Gasteiger partial charge in [0, 0.05) is 30.5 Å². The number of hydrogen-bond donors (Lipinski definition) is 1. The molecule has 0 aliphatic carbocycles. The second kappa shape index (κ2) is 7.43. The second-order valence-electron chi connectivity index (χ2n) is 5.00. The number of rotatable bonds is 6. The molecule has 0 radical (unpaired) electrons. The van der Waals surface area contributed by atoms with Crippen LogP contribution in [0, 0.1) is 6.92 Å². The topological polar surface area (TPSA) is 59.8 Å². The molecule has 0 unspecified atom stereocenters. The Morgan fingerprint density at radius 1 is 1.26 bits per heavy atom. The summed E-state index contributed by atoms with van der Waals surface area (Å²) in [5.41, 5.74) is 2.45. The van der Waals surface area contributed by atoms with Crippen LogP contribution in [0.25, 0.3) is 0 Å². The summed E-state index contributed by atoms with van der Waals surface area (Å²) in [5, 5.41) is 6.06. The summed E-state index contributed by atoms with van der Waals surface area (Å²) in [5.74, 6) is 0.236. The lowest BCUT2D eigenvalue weighted by Gasteiger charge is -2.08. The van der Waals surface area contributed by atoms with Crippen LogP contribution in [0.4, 0.5) is 5.13 Å². The Morgan fingerprint density at radius 3 is 2.83 bits per heavy atom. The molecule has 0 fully saturated rings. The minimum atomic E-state index is -0.0742. The fourth-order valence-corrected chi connectivity index (χ4v) is 3.32. The minimum Gasteiger partial charge on any atom is -0.322 e. The van der Waals surface area contributed by atoms with Crippen LogP contribution in [-0.2, 0) is 11.3 Å². The highest BCUT2D eigenvalue weighted by atomic mass is 32.2. The number of anilines is 1. The van der Waals surface area contributed by atoms with E-state index >= 15 is 0 Å². The molecule has 0 aliphatic rings. The first-order valence-corrected chi connectivity index (χ1v) is 8.96. The monoisotopic (exact) mass is 344 g/mol. The van der Waals surface area contributed by atoms with E-state index in [2.05, 4.69) is 46.5 Å². The van der Waals surface area contributed by atoms with E-state index in [0.29, 0.717) is 10.9 Å². The molecule has 0 spiro atoms. The summed E-state index contributed by atoms with van der Waals surface area (Å²) in [6, 6.07) is 8.42. The number of nitrogens with zero attached hydrogens (tertiary/aromatic N) is 3. The molecule has 118 valence electrons. The number of aryl methyl sites for hydroxylation is 1. The standard InChI is InChI=1S/C16H16N4OS2/c1-12-2-4-13(5-3-12)10-20-8-6-18-16(20)23-11-14(21)19-15-17-7-9-22-15/h2-9H,10-11H2,1H3,(H,17,19,21). The van der Waals surface area contributed by atoms with Crippen molar-refractivity contribution in [2.45, 2.75) is 18.6 Å². The molecule has 0 saturated carbocycles. The Balaban J connectivity index is 1.57. The van der Waals surface area contributed by atoms with Crippen LogP contribution >= 0.6 is 23.1 Å². The van der Waals surface area contributed by atoms with Gasteiger partial charge in [-0.15, -0.1) is 11.3 Å². The molecule has 2 heterocycles. The third-order valence-electron chi connectivity index (χ3n) is 3.16. The fraction of sp³-hybridized carbons (Fsp3) is 0.188. The predicted octanol–water partition coefficient (Wildman–Crippen LogP) is 3.43. The SMILES string of the molecule is Cc1ccc(Cn2ccnc2SCC(=O)Nc2nccs2)cc1. The first-order valence-electron chi connectivity index (χ1n) is 7.09. The average Bonchev–Trinajstić information content (AvgIpc) is 3.19. The molecule has 23 heavy (non-hydrogen) atoms. The van der Waals surface area contributed by atoms with Gasteiger partial charge >= 0.3 is 0 Å². The molecule has 2 aromatic heterocycles. The maximum Gasteiger partial charge on any atom is 0.236 e. The van der Waals surface area contributed by atoms with Gasteiger partial charge < -0.3 is 9.88 Å². The highest BCUT2D eigenvalue weighted by Gasteiger charge is 2.09. The maximum atomic E-state index is 11.9. The lowest BCUT2D eigenvalue weighted by atomic mass is 10.1. The van der Waals surface area contributed by atoms with E-state index in [-0.39, 0.29) is 5.91 Å². The zero-order valence-electron chi connectivity index (χ0n) is 12.6. The minimum absolute atomic E-state index is 0.0742. The number of amides is 1. The Kier molecular flexibility index (Phi) is 5.09. The molecular weight excluding hydrogens is 328 g/mol. The Hall–Kier alpha value is -2.12. The van der Waals surface area contributed by atoms with Crippen molar-refractivity contribution in [3.05, 3.63) is 59.4 Å². The molecule has 0 aliphatic heterocycles. The number of nitrogens with one attached hydrogen (secondary N) is 1. The summed E-state index contributed by atoms with van der Waals surface area (Å²) < 4.78 is 2.05. The third kappa shape index (κ3) is 4.43. The van der Waals surface area contributed by atoms with Crippen LogP contribution < -0.4 is 5.32 Å². The zero-order valence-corrected chi connectivity index (χ0v) is 14.2. The molecule has 1 aromatic carbocycles. The highest BCUT2D eigenvalue weighted by molar-refractivity contribution is 7.99. The maximum absolute atomic E-state index is 11.9. The number of thiazole rings is 1. The summed E-state index contributed by atoms with van der Waals surface area (Å²) in [4.78, 5) is 20.3. The van der Waals surface area contributed by atoms with E-state index < -0.39 is 0 Å². The van der Waals surface area contributed by atoms with Gasteiger partial charge in [-0.2, -0.15) is 0 Å². The Morgan fingerprint density at radius 2 is 2.09 bits per heavy atom. The lowest BCUT2D eigenvalue weighted by molar-refractivity contribution is -0.113. The van der Waals surface area contributed by atoms with Crippen molar-refractivity contribution in [1.82, 2.24) is 14.5 Å². The number of thioether (sulfide) groups is 1. The summed E-state index contributed by atoms with van der Waals surface area (Å²) >= 11 is 2.83. The molecule has 5 nitrogen and oxygen atoms in total. The normalized spacial score (nSPS) is 10.7. The number of imidazole rings is 1. The number of aromatic nitrogens is 3. The van der Waals surface area contributed by atoms with Crippen molar-refractivity contribution in [3.8, 4) is 0 Å². The third-order valence-corrected chi connectivity index (χ3v) is 4.86. The summed E-state index contributed by atoms with van der Waals surface area (Å²) in [6.07, 6.45) is 5.36. The van der Waals surface area contributed by atoms with E-state index in [0.717, 1.165) is 11.7 Å². The molecule has 3 aromatic rings. The highest BCUT2D eigenvalue weighted by Crippen LogP contribution is 2.18. The van der Waals surface area contributed by atoms with Gasteiger partial charge in [0.05, 0.1) is 5.75 Å². The predicted molar refractivity (Wildman–Crippen MR) is 94.0 cm³/mol. The van der Waals surface area contributed by atoms with Crippen LogP contribution in [0.3, 0.4) is 0 Å². The van der Waals surface area contributed by atoms with Crippen molar-refractivity contribution in [3.63, 3.8) is 0 Å². The van der Waals surface area contributed by atoms with Crippen molar-refractivity contribution in [1.29, 1.82) is 0 Å². The van der Waals surface area contributed by atoms with Crippen LogP contribution in [0.2, 0.25) is 0 Å². The van der Waals surface area contributed by atoms with Crippen LogP contribution in [-0.4, -0.2) is 26.2 Å². The fourth-order valence-electron chi connectivity index (χ4n) is 2.02. The largest absolute Gasteiger partial charge is 0.322 e. The quantitative estimate of drug-likeness (QED) is 0.696. The van der Waals surface area contributed by atoms with E-state index in [1.807, 2.05) is 16.1 Å². The lowest BCUT2D eigenvalue weighted by Crippen LogP contribution is -2.14. The smallest absolute Gasteiger partial charge is 0.236 e. The van der Waals surface area contributed by atoms with E-state index in [4.69, 9.17) is 0 Å². The van der Waals surface area contributed by atoms with Gasteiger partial charge in [0.1, 0.15) is 0 Å². The van der Waals surface area contributed by atoms with Crippen molar-refractivity contribution in [2.75, 3.05) is 11.1 Å². The molecule has 0 atom stereocenters. The van der Waals surface area contributed by atoms with E-state index in [1.165, 1.54) is 34.2 Å². The summed E-state index contributed by atoms with van der Waals surface area (Å²) in [6.45, 7) is 2.82. The van der Waals surface area contributed by atoms with Crippen molar-refractivity contribution in [2.24, 2.45) is 0 Å². The molecule has 1 amide bonds. The number of carbonyl (C=O) groups excluding carboxylic acids is 1. The first-order chi connectivity index (χ1) is 11.2. The van der Waals surface area contributed by atoms with Gasteiger partial charge in [0.2, 0.25) is 5.91 Å². The molecule has 0 bridgehead atoms.